The zero-order valence-electron chi connectivity index (χ0n) is 16.3. The third kappa shape index (κ3) is 7.07. The first-order valence-corrected chi connectivity index (χ1v) is 10.6. The Kier molecular flexibility index (Phi) is 10.3. The van der Waals surface area contributed by atoms with Gasteiger partial charge in [-0.2, -0.15) is 0 Å². The second kappa shape index (κ2) is 11.6. The van der Waals surface area contributed by atoms with Gasteiger partial charge in [0.15, 0.2) is 5.96 Å². The molecule has 0 unspecified atom stereocenters. The third-order valence-corrected chi connectivity index (χ3v) is 6.40. The lowest BCUT2D eigenvalue weighted by atomic mass is 10.3. The van der Waals surface area contributed by atoms with E-state index in [0.717, 1.165) is 44.4 Å². The maximum Gasteiger partial charge on any atom is 0.213 e. The molecule has 154 valence electrons. The third-order valence-electron chi connectivity index (χ3n) is 4.54. The fraction of sp³-hybridized carbons (Fsp3) is 0.647. The van der Waals surface area contributed by atoms with E-state index in [1.165, 1.54) is 4.31 Å². The second-order valence-corrected chi connectivity index (χ2v) is 8.58. The van der Waals surface area contributed by atoms with Crippen LogP contribution in [-0.4, -0.2) is 87.7 Å². The molecule has 8 nitrogen and oxygen atoms in total. The summed E-state index contributed by atoms with van der Waals surface area (Å²) in [6.45, 7) is 6.41. The number of hydrogen-bond donors (Lipinski definition) is 1. The van der Waals surface area contributed by atoms with Crippen LogP contribution in [0.25, 0.3) is 0 Å². The van der Waals surface area contributed by atoms with Gasteiger partial charge in [-0.05, 0) is 25.5 Å². The summed E-state index contributed by atoms with van der Waals surface area (Å²) in [7, 11) is 0.304. The molecule has 0 aliphatic carbocycles. The Bertz CT molecular complexity index is 678. The maximum atomic E-state index is 11.7. The average molecular weight is 510 g/mol. The maximum absolute atomic E-state index is 11.7. The Labute approximate surface area is 180 Å². The van der Waals surface area contributed by atoms with Crippen molar-refractivity contribution in [1.82, 2.24) is 19.5 Å². The summed E-state index contributed by atoms with van der Waals surface area (Å²) < 4.78 is 24.9. The van der Waals surface area contributed by atoms with Crippen LogP contribution in [0.4, 0.5) is 5.82 Å². The summed E-state index contributed by atoms with van der Waals surface area (Å²) in [5.41, 5.74) is 0. The molecule has 2 rings (SSSR count). The van der Waals surface area contributed by atoms with Crippen molar-refractivity contribution in [2.75, 3.05) is 64.0 Å². The number of nitrogens with zero attached hydrogens (tertiary/aromatic N) is 5. The van der Waals surface area contributed by atoms with E-state index in [9.17, 15) is 8.42 Å². The van der Waals surface area contributed by atoms with Crippen LogP contribution in [0.3, 0.4) is 0 Å². The van der Waals surface area contributed by atoms with E-state index in [4.69, 9.17) is 0 Å². The second-order valence-electron chi connectivity index (χ2n) is 6.21. The molecule has 0 bridgehead atoms. The van der Waals surface area contributed by atoms with Gasteiger partial charge in [-0.15, -0.1) is 24.0 Å². The van der Waals surface area contributed by atoms with Gasteiger partial charge in [-0.1, -0.05) is 6.07 Å². The van der Waals surface area contributed by atoms with Crippen molar-refractivity contribution in [2.45, 2.75) is 13.3 Å². The monoisotopic (exact) mass is 510 g/mol. The van der Waals surface area contributed by atoms with E-state index < -0.39 is 10.0 Å². The fourth-order valence-electron chi connectivity index (χ4n) is 2.88. The minimum absolute atomic E-state index is 0. The van der Waals surface area contributed by atoms with Crippen LogP contribution in [0.5, 0.6) is 0 Å². The van der Waals surface area contributed by atoms with E-state index in [-0.39, 0.29) is 29.7 Å². The highest BCUT2D eigenvalue weighted by Gasteiger charge is 2.20. The van der Waals surface area contributed by atoms with E-state index in [1.54, 1.807) is 21.0 Å². The SMILES string of the molecule is CCS(=O)(=O)N(C)CCCNC(=NC)N1CCN(c2ccccn2)CC1.I. The molecule has 2 heterocycles. The summed E-state index contributed by atoms with van der Waals surface area (Å²) in [4.78, 5) is 13.3. The highest BCUT2D eigenvalue weighted by Crippen LogP contribution is 2.12. The molecule has 0 atom stereocenters. The molecule has 0 spiro atoms. The highest BCUT2D eigenvalue weighted by molar-refractivity contribution is 14.0. The van der Waals surface area contributed by atoms with Gasteiger partial charge in [0.05, 0.1) is 5.75 Å². The van der Waals surface area contributed by atoms with Crippen LogP contribution in [0.1, 0.15) is 13.3 Å². The molecule has 1 N–H and O–H groups in total. The zero-order valence-corrected chi connectivity index (χ0v) is 19.5. The minimum atomic E-state index is -3.10. The van der Waals surface area contributed by atoms with Crippen molar-refractivity contribution in [3.05, 3.63) is 24.4 Å². The normalized spacial score (nSPS) is 15.6. The summed E-state index contributed by atoms with van der Waals surface area (Å²) >= 11 is 0. The van der Waals surface area contributed by atoms with Crippen LogP contribution in [0, 0.1) is 0 Å². The van der Waals surface area contributed by atoms with Gasteiger partial charge in [-0.25, -0.2) is 17.7 Å². The largest absolute Gasteiger partial charge is 0.356 e. The summed E-state index contributed by atoms with van der Waals surface area (Å²) in [6.07, 6.45) is 2.56. The number of halogens is 1. The predicted octanol–water partition coefficient (Wildman–Crippen LogP) is 1.07. The summed E-state index contributed by atoms with van der Waals surface area (Å²) in [5, 5.41) is 3.34. The molecular formula is C17H31IN6O2S. The molecule has 27 heavy (non-hydrogen) atoms. The van der Waals surface area contributed by atoms with Crippen molar-refractivity contribution in [3.8, 4) is 0 Å². The summed E-state index contributed by atoms with van der Waals surface area (Å²) in [6, 6.07) is 5.96. The minimum Gasteiger partial charge on any atom is -0.356 e. The van der Waals surface area contributed by atoms with Gasteiger partial charge in [0.25, 0.3) is 0 Å². The van der Waals surface area contributed by atoms with Crippen molar-refractivity contribution in [3.63, 3.8) is 0 Å². The average Bonchev–Trinajstić information content (AvgIpc) is 2.68. The molecule has 1 aliphatic heterocycles. The van der Waals surface area contributed by atoms with Crippen LogP contribution in [-0.2, 0) is 10.0 Å². The molecule has 1 fully saturated rings. The van der Waals surface area contributed by atoms with E-state index >= 15 is 0 Å². The standard InChI is InChI=1S/C17H30N6O2S.HI/c1-4-26(24,25)21(3)11-7-10-20-17(18-2)23-14-12-22(13-15-23)16-8-5-6-9-19-16;/h5-6,8-9H,4,7,10-15H2,1-3H3,(H,18,20);1H. The number of sulfonamides is 1. The Morgan fingerprint density at radius 2 is 2.00 bits per heavy atom. The number of aliphatic imine (C=N–C) groups is 1. The van der Waals surface area contributed by atoms with Gasteiger partial charge in [0.2, 0.25) is 10.0 Å². The quantitative estimate of drug-likeness (QED) is 0.256. The number of piperazine rings is 1. The van der Waals surface area contributed by atoms with E-state index in [2.05, 4.69) is 25.1 Å². The lowest BCUT2D eigenvalue weighted by Gasteiger charge is -2.37. The number of nitrogens with one attached hydrogen (secondary N) is 1. The first-order valence-electron chi connectivity index (χ1n) is 9.03. The van der Waals surface area contributed by atoms with Crippen LogP contribution in [0.2, 0.25) is 0 Å². The topological polar surface area (TPSA) is 81.1 Å². The molecule has 1 aromatic heterocycles. The summed E-state index contributed by atoms with van der Waals surface area (Å²) in [5.74, 6) is 2.01. The molecule has 1 saturated heterocycles. The number of aromatic nitrogens is 1. The van der Waals surface area contributed by atoms with Crippen LogP contribution < -0.4 is 10.2 Å². The molecule has 0 aromatic carbocycles. The van der Waals surface area contributed by atoms with Crippen molar-refractivity contribution < 1.29 is 8.42 Å². The molecule has 0 saturated carbocycles. The predicted molar refractivity (Wildman–Crippen MR) is 122 cm³/mol. The lowest BCUT2D eigenvalue weighted by molar-refractivity contribution is 0.370. The molecule has 1 aromatic rings. The van der Waals surface area contributed by atoms with Gasteiger partial charge >= 0.3 is 0 Å². The number of rotatable bonds is 7. The van der Waals surface area contributed by atoms with Gasteiger partial charge in [0.1, 0.15) is 5.82 Å². The fourth-order valence-corrected chi connectivity index (χ4v) is 3.73. The smallest absolute Gasteiger partial charge is 0.213 e. The molecule has 0 amide bonds. The number of pyridine rings is 1. The number of hydrogen-bond acceptors (Lipinski definition) is 5. The Morgan fingerprint density at radius 1 is 1.30 bits per heavy atom. The van der Waals surface area contributed by atoms with E-state index in [0.29, 0.717) is 13.1 Å². The highest BCUT2D eigenvalue weighted by atomic mass is 127. The molecule has 0 radical (unpaired) electrons. The van der Waals surface area contributed by atoms with Gasteiger partial charge in [-0.3, -0.25) is 4.99 Å². The Balaban J connectivity index is 0.00000364. The molecule has 10 heteroatoms. The van der Waals surface area contributed by atoms with Crippen molar-refractivity contribution >= 4 is 45.8 Å². The number of anilines is 1. The molecular weight excluding hydrogens is 479 g/mol. The van der Waals surface area contributed by atoms with Crippen molar-refractivity contribution in [1.29, 1.82) is 0 Å². The van der Waals surface area contributed by atoms with Gasteiger partial charge in [0, 0.05) is 59.6 Å². The first kappa shape index (κ1) is 23.9. The Morgan fingerprint density at radius 3 is 2.56 bits per heavy atom. The number of guanidine groups is 1. The first-order chi connectivity index (χ1) is 12.5. The molecule has 1 aliphatic rings. The van der Waals surface area contributed by atoms with Crippen LogP contribution >= 0.6 is 24.0 Å². The van der Waals surface area contributed by atoms with Crippen molar-refractivity contribution in [2.24, 2.45) is 4.99 Å². The van der Waals surface area contributed by atoms with Crippen LogP contribution in [0.15, 0.2) is 29.4 Å². The Hall–Kier alpha value is -1.14. The van der Waals surface area contributed by atoms with Gasteiger partial charge < -0.3 is 15.1 Å². The van der Waals surface area contributed by atoms with E-state index in [1.807, 2.05) is 24.4 Å². The lowest BCUT2D eigenvalue weighted by Crippen LogP contribution is -2.53. The zero-order chi connectivity index (χ0) is 19.0.